The van der Waals surface area contributed by atoms with Crippen LogP contribution in [0.15, 0.2) is 24.3 Å². The Kier molecular flexibility index (Phi) is 3.86. The zero-order chi connectivity index (χ0) is 12.3. The van der Waals surface area contributed by atoms with Crippen molar-refractivity contribution in [2.24, 2.45) is 0 Å². The Hall–Kier alpha value is -1.26. The highest BCUT2D eigenvalue weighted by molar-refractivity contribution is 7.15. The number of aliphatic hydroxyl groups excluding tert-OH is 1. The summed E-state index contributed by atoms with van der Waals surface area (Å²) in [6, 6.07) is 6.47. The first-order valence-electron chi connectivity index (χ1n) is 5.54. The SMILES string of the molecule is Cc1nc(-c2cccc(F)c2)sc1CCCO. The molecule has 0 radical (unpaired) electrons. The predicted molar refractivity (Wildman–Crippen MR) is 67.7 cm³/mol. The van der Waals surface area contributed by atoms with Crippen molar-refractivity contribution in [3.63, 3.8) is 0 Å². The molecular formula is C13H14FNOS. The maximum Gasteiger partial charge on any atom is 0.123 e. The minimum absolute atomic E-state index is 0.187. The van der Waals surface area contributed by atoms with E-state index in [9.17, 15) is 4.39 Å². The van der Waals surface area contributed by atoms with Crippen LogP contribution in [0.5, 0.6) is 0 Å². The molecule has 0 amide bonds. The van der Waals surface area contributed by atoms with E-state index in [0.717, 1.165) is 29.1 Å². The van der Waals surface area contributed by atoms with Crippen molar-refractivity contribution in [2.75, 3.05) is 6.61 Å². The molecule has 2 nitrogen and oxygen atoms in total. The van der Waals surface area contributed by atoms with Crippen LogP contribution in [-0.2, 0) is 6.42 Å². The fourth-order valence-electron chi connectivity index (χ4n) is 1.64. The minimum atomic E-state index is -0.243. The van der Waals surface area contributed by atoms with Crippen LogP contribution in [0.1, 0.15) is 17.0 Å². The smallest absolute Gasteiger partial charge is 0.123 e. The Bertz CT molecular complexity index is 510. The molecule has 0 atom stereocenters. The summed E-state index contributed by atoms with van der Waals surface area (Å²) in [4.78, 5) is 5.61. The number of benzene rings is 1. The van der Waals surface area contributed by atoms with Gasteiger partial charge in [-0.2, -0.15) is 0 Å². The van der Waals surface area contributed by atoms with Gasteiger partial charge in [-0.3, -0.25) is 0 Å². The monoisotopic (exact) mass is 251 g/mol. The van der Waals surface area contributed by atoms with Crippen LogP contribution < -0.4 is 0 Å². The second-order valence-electron chi connectivity index (χ2n) is 3.87. The first-order valence-corrected chi connectivity index (χ1v) is 6.35. The van der Waals surface area contributed by atoms with Crippen molar-refractivity contribution in [2.45, 2.75) is 19.8 Å². The summed E-state index contributed by atoms with van der Waals surface area (Å²) in [5.41, 5.74) is 1.79. The van der Waals surface area contributed by atoms with Gasteiger partial charge >= 0.3 is 0 Å². The number of hydrogen-bond donors (Lipinski definition) is 1. The average molecular weight is 251 g/mol. The number of thiazole rings is 1. The molecule has 0 aliphatic carbocycles. The standard InChI is InChI=1S/C13H14FNOS/c1-9-12(6-3-7-16)17-13(15-9)10-4-2-5-11(14)8-10/h2,4-5,8,16H,3,6-7H2,1H3. The number of aryl methyl sites for hydroxylation is 2. The lowest BCUT2D eigenvalue weighted by Gasteiger charge is -1.95. The zero-order valence-corrected chi connectivity index (χ0v) is 10.4. The molecule has 2 rings (SSSR count). The third-order valence-corrected chi connectivity index (χ3v) is 3.79. The Labute approximate surface area is 104 Å². The van der Waals surface area contributed by atoms with E-state index < -0.39 is 0 Å². The van der Waals surface area contributed by atoms with Crippen molar-refractivity contribution in [3.05, 3.63) is 40.7 Å². The van der Waals surface area contributed by atoms with Gasteiger partial charge in [-0.15, -0.1) is 11.3 Å². The molecule has 0 bridgehead atoms. The number of aromatic nitrogens is 1. The van der Waals surface area contributed by atoms with E-state index in [1.54, 1.807) is 17.4 Å². The second-order valence-corrected chi connectivity index (χ2v) is 4.95. The van der Waals surface area contributed by atoms with Crippen LogP contribution in [-0.4, -0.2) is 16.7 Å². The molecule has 17 heavy (non-hydrogen) atoms. The van der Waals surface area contributed by atoms with E-state index in [1.165, 1.54) is 17.0 Å². The number of rotatable bonds is 4. The Morgan fingerprint density at radius 3 is 2.94 bits per heavy atom. The van der Waals surface area contributed by atoms with Crippen LogP contribution in [0.2, 0.25) is 0 Å². The second kappa shape index (κ2) is 5.38. The van der Waals surface area contributed by atoms with Crippen molar-refractivity contribution in [3.8, 4) is 10.6 Å². The molecule has 1 N–H and O–H groups in total. The fourth-order valence-corrected chi connectivity index (χ4v) is 2.75. The summed E-state index contributed by atoms with van der Waals surface area (Å²) < 4.78 is 13.1. The Morgan fingerprint density at radius 2 is 2.24 bits per heavy atom. The van der Waals surface area contributed by atoms with Crippen molar-refractivity contribution >= 4 is 11.3 Å². The molecule has 0 unspecified atom stereocenters. The molecule has 0 aliphatic rings. The highest BCUT2D eigenvalue weighted by Gasteiger charge is 2.09. The zero-order valence-electron chi connectivity index (χ0n) is 9.61. The molecule has 4 heteroatoms. The van der Waals surface area contributed by atoms with Crippen LogP contribution in [0, 0.1) is 12.7 Å². The van der Waals surface area contributed by atoms with Gasteiger partial charge in [-0.1, -0.05) is 12.1 Å². The first kappa shape index (κ1) is 12.2. The molecule has 0 saturated carbocycles. The van der Waals surface area contributed by atoms with Crippen LogP contribution in [0.4, 0.5) is 4.39 Å². The third kappa shape index (κ3) is 2.90. The molecule has 1 aromatic carbocycles. The summed E-state index contributed by atoms with van der Waals surface area (Å²) in [6.07, 6.45) is 1.57. The van der Waals surface area contributed by atoms with E-state index in [2.05, 4.69) is 4.98 Å². The highest BCUT2D eigenvalue weighted by Crippen LogP contribution is 2.28. The van der Waals surface area contributed by atoms with Crippen molar-refractivity contribution < 1.29 is 9.50 Å². The third-order valence-electron chi connectivity index (χ3n) is 2.53. The molecule has 0 spiro atoms. The van der Waals surface area contributed by atoms with Gasteiger partial charge in [0, 0.05) is 17.0 Å². The van der Waals surface area contributed by atoms with E-state index in [-0.39, 0.29) is 12.4 Å². The lowest BCUT2D eigenvalue weighted by atomic mass is 10.2. The molecule has 0 fully saturated rings. The van der Waals surface area contributed by atoms with Crippen molar-refractivity contribution in [1.29, 1.82) is 0 Å². The minimum Gasteiger partial charge on any atom is -0.396 e. The molecule has 2 aromatic rings. The molecule has 90 valence electrons. The fraction of sp³-hybridized carbons (Fsp3) is 0.308. The van der Waals surface area contributed by atoms with Gasteiger partial charge in [-0.25, -0.2) is 9.37 Å². The van der Waals surface area contributed by atoms with Gasteiger partial charge in [0.1, 0.15) is 10.8 Å². The lowest BCUT2D eigenvalue weighted by molar-refractivity contribution is 0.289. The summed E-state index contributed by atoms with van der Waals surface area (Å²) in [6.45, 7) is 2.14. The van der Waals surface area contributed by atoms with Gasteiger partial charge < -0.3 is 5.11 Å². The van der Waals surface area contributed by atoms with Crippen LogP contribution in [0.25, 0.3) is 10.6 Å². The van der Waals surface area contributed by atoms with E-state index in [4.69, 9.17) is 5.11 Å². The number of hydrogen-bond acceptors (Lipinski definition) is 3. The lowest BCUT2D eigenvalue weighted by Crippen LogP contribution is -1.88. The van der Waals surface area contributed by atoms with Gasteiger partial charge in [0.15, 0.2) is 0 Å². The normalized spacial score (nSPS) is 10.8. The Morgan fingerprint density at radius 1 is 1.41 bits per heavy atom. The molecule has 0 aliphatic heterocycles. The number of aliphatic hydroxyl groups is 1. The van der Waals surface area contributed by atoms with Crippen LogP contribution >= 0.6 is 11.3 Å². The molecule has 1 aromatic heterocycles. The largest absolute Gasteiger partial charge is 0.396 e. The first-order chi connectivity index (χ1) is 8.20. The summed E-state index contributed by atoms with van der Waals surface area (Å²) in [7, 11) is 0. The number of halogens is 1. The van der Waals surface area contributed by atoms with Gasteiger partial charge in [0.25, 0.3) is 0 Å². The molecule has 1 heterocycles. The number of nitrogens with zero attached hydrogens (tertiary/aromatic N) is 1. The highest BCUT2D eigenvalue weighted by atomic mass is 32.1. The topological polar surface area (TPSA) is 33.1 Å². The maximum atomic E-state index is 13.1. The molecular weight excluding hydrogens is 237 g/mol. The van der Waals surface area contributed by atoms with E-state index in [1.807, 2.05) is 13.0 Å². The summed E-state index contributed by atoms with van der Waals surface area (Å²) in [5, 5.41) is 9.66. The van der Waals surface area contributed by atoms with Gasteiger partial charge in [0.2, 0.25) is 0 Å². The van der Waals surface area contributed by atoms with E-state index >= 15 is 0 Å². The van der Waals surface area contributed by atoms with Crippen LogP contribution in [0.3, 0.4) is 0 Å². The summed E-state index contributed by atoms with van der Waals surface area (Å²) in [5.74, 6) is -0.243. The molecule has 0 saturated heterocycles. The summed E-state index contributed by atoms with van der Waals surface area (Å²) >= 11 is 1.57. The maximum absolute atomic E-state index is 13.1. The quantitative estimate of drug-likeness (QED) is 0.905. The Balaban J connectivity index is 2.28. The average Bonchev–Trinajstić information content (AvgIpc) is 2.68. The van der Waals surface area contributed by atoms with Gasteiger partial charge in [-0.05, 0) is 31.9 Å². The predicted octanol–water partition coefficient (Wildman–Crippen LogP) is 3.18. The van der Waals surface area contributed by atoms with Crippen molar-refractivity contribution in [1.82, 2.24) is 4.98 Å². The van der Waals surface area contributed by atoms with Gasteiger partial charge in [0.05, 0.1) is 5.69 Å². The van der Waals surface area contributed by atoms with E-state index in [0.29, 0.717) is 0 Å².